The van der Waals surface area contributed by atoms with Crippen molar-refractivity contribution in [1.82, 2.24) is 4.98 Å². The lowest BCUT2D eigenvalue weighted by Gasteiger charge is -2.05. The fraction of sp³-hybridized carbons (Fsp3) is 0.167. The highest BCUT2D eigenvalue weighted by Gasteiger charge is 2.17. The molecule has 1 heterocycles. The van der Waals surface area contributed by atoms with Crippen LogP contribution >= 0.6 is 0 Å². The number of methoxy groups -OCH3 is 2. The number of H-pyrrole nitrogens is 1. The topological polar surface area (TPSA) is 101 Å². The minimum absolute atomic E-state index is 0.243. The predicted molar refractivity (Wildman–Crippen MR) is 65.3 cm³/mol. The Morgan fingerprint density at radius 3 is 2.72 bits per heavy atom. The van der Waals surface area contributed by atoms with E-state index < -0.39 is 5.97 Å². The number of nitrogens with zero attached hydrogens (tertiary/aromatic N) is 1. The molecule has 0 radical (unpaired) electrons. The molecule has 6 nitrogen and oxygen atoms in total. The van der Waals surface area contributed by atoms with Crippen LogP contribution in [0, 0.1) is 11.3 Å². The van der Waals surface area contributed by atoms with Crippen molar-refractivity contribution in [3.05, 3.63) is 23.3 Å². The molecule has 92 valence electrons. The largest absolute Gasteiger partial charge is 0.495 e. The molecule has 1 aromatic carbocycles. The molecule has 0 aliphatic carbocycles. The van der Waals surface area contributed by atoms with E-state index in [1.807, 2.05) is 6.07 Å². The summed E-state index contributed by atoms with van der Waals surface area (Å²) in [5, 5.41) is 9.59. The molecule has 0 saturated carbocycles. The van der Waals surface area contributed by atoms with E-state index in [-0.39, 0.29) is 11.4 Å². The average Bonchev–Trinajstić information content (AvgIpc) is 2.71. The van der Waals surface area contributed by atoms with Crippen molar-refractivity contribution in [2.45, 2.75) is 0 Å². The van der Waals surface area contributed by atoms with Gasteiger partial charge in [0.1, 0.15) is 23.2 Å². The van der Waals surface area contributed by atoms with Gasteiger partial charge in [-0.1, -0.05) is 0 Å². The second-order valence-corrected chi connectivity index (χ2v) is 3.62. The third-order valence-corrected chi connectivity index (χ3v) is 2.65. The highest BCUT2D eigenvalue weighted by Crippen LogP contribution is 2.32. The quantitative estimate of drug-likeness (QED) is 0.779. The number of aromatic amines is 1. The number of ether oxygens (including phenoxy) is 2. The van der Waals surface area contributed by atoms with Crippen LogP contribution in [0.25, 0.3) is 10.9 Å². The molecule has 2 rings (SSSR count). The number of rotatable bonds is 2. The third kappa shape index (κ3) is 1.62. The van der Waals surface area contributed by atoms with Crippen LogP contribution in [0.4, 0.5) is 5.82 Å². The Balaban J connectivity index is 2.81. The lowest BCUT2D eigenvalue weighted by Crippen LogP contribution is -2.01. The van der Waals surface area contributed by atoms with E-state index in [1.165, 1.54) is 20.3 Å². The molecule has 6 heteroatoms. The van der Waals surface area contributed by atoms with Gasteiger partial charge in [-0.3, -0.25) is 0 Å². The fourth-order valence-corrected chi connectivity index (χ4v) is 1.80. The lowest BCUT2D eigenvalue weighted by atomic mass is 10.1. The Hall–Kier alpha value is -2.68. The summed E-state index contributed by atoms with van der Waals surface area (Å²) in [5.41, 5.74) is 6.87. The first-order valence-electron chi connectivity index (χ1n) is 5.10. The van der Waals surface area contributed by atoms with Gasteiger partial charge in [0.25, 0.3) is 0 Å². The summed E-state index contributed by atoms with van der Waals surface area (Å²) >= 11 is 0. The molecule has 0 fully saturated rings. The summed E-state index contributed by atoms with van der Waals surface area (Å²) in [6.45, 7) is 0. The van der Waals surface area contributed by atoms with Crippen LogP contribution < -0.4 is 10.5 Å². The van der Waals surface area contributed by atoms with E-state index in [9.17, 15) is 4.79 Å². The van der Waals surface area contributed by atoms with Gasteiger partial charge in [-0.15, -0.1) is 0 Å². The van der Waals surface area contributed by atoms with Crippen molar-refractivity contribution in [2.75, 3.05) is 20.0 Å². The molecule has 18 heavy (non-hydrogen) atoms. The van der Waals surface area contributed by atoms with Crippen molar-refractivity contribution in [3.63, 3.8) is 0 Å². The van der Waals surface area contributed by atoms with Crippen molar-refractivity contribution in [1.29, 1.82) is 5.26 Å². The number of nitrogens with two attached hydrogens (primary N) is 1. The highest BCUT2D eigenvalue weighted by molar-refractivity contribution is 6.01. The van der Waals surface area contributed by atoms with Gasteiger partial charge in [0.15, 0.2) is 0 Å². The number of nitrogen functional groups attached to an aromatic ring is 1. The van der Waals surface area contributed by atoms with E-state index in [4.69, 9.17) is 15.7 Å². The Bertz CT molecular complexity index is 667. The monoisotopic (exact) mass is 245 g/mol. The number of esters is 1. The normalized spacial score (nSPS) is 10.1. The summed E-state index contributed by atoms with van der Waals surface area (Å²) in [4.78, 5) is 14.4. The van der Waals surface area contributed by atoms with Crippen LogP contribution in [0.1, 0.15) is 15.9 Å². The van der Waals surface area contributed by atoms with Gasteiger partial charge in [-0.2, -0.15) is 5.26 Å². The molecular formula is C12H11N3O3. The SMILES string of the molecule is COC(=O)c1cc(OC)c2[nH]c(N)c(C#N)c2c1. The highest BCUT2D eigenvalue weighted by atomic mass is 16.5. The van der Waals surface area contributed by atoms with E-state index in [2.05, 4.69) is 9.72 Å². The van der Waals surface area contributed by atoms with Gasteiger partial charge < -0.3 is 20.2 Å². The average molecular weight is 245 g/mol. The van der Waals surface area contributed by atoms with Crippen LogP contribution in [0.5, 0.6) is 5.75 Å². The van der Waals surface area contributed by atoms with Gasteiger partial charge in [0.05, 0.1) is 25.3 Å². The van der Waals surface area contributed by atoms with Crippen molar-refractivity contribution >= 4 is 22.7 Å². The van der Waals surface area contributed by atoms with Crippen LogP contribution in [0.3, 0.4) is 0 Å². The molecule has 1 aromatic heterocycles. The van der Waals surface area contributed by atoms with Crippen molar-refractivity contribution < 1.29 is 14.3 Å². The Labute approximate surface area is 103 Å². The first kappa shape index (κ1) is 11.8. The third-order valence-electron chi connectivity index (χ3n) is 2.65. The zero-order valence-corrected chi connectivity index (χ0v) is 9.90. The van der Waals surface area contributed by atoms with Crippen LogP contribution in [-0.4, -0.2) is 25.2 Å². The summed E-state index contributed by atoms with van der Waals surface area (Å²) in [7, 11) is 2.76. The Morgan fingerprint density at radius 2 is 2.17 bits per heavy atom. The second kappa shape index (κ2) is 4.30. The second-order valence-electron chi connectivity index (χ2n) is 3.62. The molecule has 0 aliphatic heterocycles. The molecule has 3 N–H and O–H groups in total. The maximum absolute atomic E-state index is 11.5. The maximum Gasteiger partial charge on any atom is 0.338 e. The number of hydrogen-bond acceptors (Lipinski definition) is 5. The van der Waals surface area contributed by atoms with Crippen molar-refractivity contribution in [3.8, 4) is 11.8 Å². The number of nitrogens with one attached hydrogen (secondary N) is 1. The summed E-state index contributed by atoms with van der Waals surface area (Å²) in [6.07, 6.45) is 0. The molecule has 2 aromatic rings. The van der Waals surface area contributed by atoms with Gasteiger partial charge in [0, 0.05) is 5.39 Å². The molecule has 0 atom stereocenters. The molecule has 0 saturated heterocycles. The van der Waals surface area contributed by atoms with Crippen LogP contribution in [0.15, 0.2) is 12.1 Å². The Kier molecular flexibility index (Phi) is 2.81. The van der Waals surface area contributed by atoms with Gasteiger partial charge in [-0.05, 0) is 12.1 Å². The summed E-state index contributed by atoms with van der Waals surface area (Å²) in [6, 6.07) is 5.07. The zero-order chi connectivity index (χ0) is 13.3. The predicted octanol–water partition coefficient (Wildman–Crippen LogP) is 1.42. The minimum atomic E-state index is -0.501. The summed E-state index contributed by atoms with van der Waals surface area (Å²) < 4.78 is 9.82. The summed E-state index contributed by atoms with van der Waals surface area (Å²) in [5.74, 6) is 0.174. The van der Waals surface area contributed by atoms with Gasteiger partial charge >= 0.3 is 5.97 Å². The van der Waals surface area contributed by atoms with E-state index in [0.29, 0.717) is 22.2 Å². The number of carbonyl (C=O) groups is 1. The standard InChI is InChI=1S/C12H11N3O3/c1-17-9-4-6(12(16)18-2)3-7-8(5-13)11(14)15-10(7)9/h3-4,15H,14H2,1-2H3. The maximum atomic E-state index is 11.5. The number of benzene rings is 1. The molecule has 0 amide bonds. The molecule has 0 unspecified atom stereocenters. The van der Waals surface area contributed by atoms with E-state index in [1.54, 1.807) is 6.07 Å². The number of anilines is 1. The van der Waals surface area contributed by atoms with Crippen LogP contribution in [-0.2, 0) is 4.74 Å². The number of fused-ring (bicyclic) bond motifs is 1. The number of carbonyl (C=O) groups excluding carboxylic acids is 1. The number of aromatic nitrogens is 1. The smallest absolute Gasteiger partial charge is 0.338 e. The molecule has 0 spiro atoms. The fourth-order valence-electron chi connectivity index (χ4n) is 1.80. The first-order chi connectivity index (χ1) is 8.62. The minimum Gasteiger partial charge on any atom is -0.495 e. The molecule has 0 bridgehead atoms. The zero-order valence-electron chi connectivity index (χ0n) is 9.90. The molecular weight excluding hydrogens is 234 g/mol. The number of nitriles is 1. The molecule has 0 aliphatic rings. The van der Waals surface area contributed by atoms with Gasteiger partial charge in [0.2, 0.25) is 0 Å². The Morgan fingerprint density at radius 1 is 1.44 bits per heavy atom. The van der Waals surface area contributed by atoms with E-state index in [0.717, 1.165) is 0 Å². The van der Waals surface area contributed by atoms with E-state index >= 15 is 0 Å². The van der Waals surface area contributed by atoms with Crippen LogP contribution in [0.2, 0.25) is 0 Å². The number of hydrogen-bond donors (Lipinski definition) is 2. The lowest BCUT2D eigenvalue weighted by molar-refractivity contribution is 0.0600. The van der Waals surface area contributed by atoms with Gasteiger partial charge in [-0.25, -0.2) is 4.79 Å². The van der Waals surface area contributed by atoms with Crippen molar-refractivity contribution in [2.24, 2.45) is 0 Å². The first-order valence-corrected chi connectivity index (χ1v) is 5.10.